The lowest BCUT2D eigenvalue weighted by atomic mass is 10.1. The molecule has 3 rings (SSSR count). The molecule has 5 heteroatoms. The molecule has 1 aliphatic heterocycles. The number of nitro benzene ring substituents is 1. The Balaban J connectivity index is 1.53. The third kappa shape index (κ3) is 4.67. The molecule has 1 aliphatic rings. The SMILES string of the molecule is C/C(=C\c1ccccc1)CN1CCN(c2ccc([N+](=O)[O-])cc2)CC1. The second-order valence-electron chi connectivity index (χ2n) is 6.44. The van der Waals surface area contributed by atoms with Crippen LogP contribution in [0.3, 0.4) is 0 Å². The molecule has 1 heterocycles. The van der Waals surface area contributed by atoms with Crippen molar-refractivity contribution in [2.24, 2.45) is 0 Å². The van der Waals surface area contributed by atoms with Crippen LogP contribution >= 0.6 is 0 Å². The van der Waals surface area contributed by atoms with Gasteiger partial charge in [0.2, 0.25) is 0 Å². The molecule has 0 amide bonds. The zero-order valence-electron chi connectivity index (χ0n) is 14.5. The third-order valence-electron chi connectivity index (χ3n) is 4.48. The molecule has 1 fully saturated rings. The van der Waals surface area contributed by atoms with Crippen molar-refractivity contribution in [1.29, 1.82) is 0 Å². The molecule has 0 atom stereocenters. The van der Waals surface area contributed by atoms with Crippen molar-refractivity contribution in [3.05, 3.63) is 75.8 Å². The molecule has 0 saturated carbocycles. The van der Waals surface area contributed by atoms with E-state index in [0.717, 1.165) is 38.4 Å². The molecule has 0 radical (unpaired) electrons. The molecule has 130 valence electrons. The Labute approximate surface area is 148 Å². The van der Waals surface area contributed by atoms with Crippen LogP contribution in [0, 0.1) is 10.1 Å². The highest BCUT2D eigenvalue weighted by molar-refractivity contribution is 5.53. The quantitative estimate of drug-likeness (QED) is 0.615. The van der Waals surface area contributed by atoms with Crippen LogP contribution in [-0.4, -0.2) is 42.5 Å². The molecule has 25 heavy (non-hydrogen) atoms. The Morgan fingerprint density at radius 1 is 1.04 bits per heavy atom. The van der Waals surface area contributed by atoms with Gasteiger partial charge in [-0.15, -0.1) is 0 Å². The van der Waals surface area contributed by atoms with Crippen LogP contribution in [-0.2, 0) is 0 Å². The normalized spacial score (nSPS) is 16.0. The maximum absolute atomic E-state index is 10.7. The molecule has 1 saturated heterocycles. The first-order valence-electron chi connectivity index (χ1n) is 8.56. The van der Waals surface area contributed by atoms with Crippen LogP contribution in [0.1, 0.15) is 12.5 Å². The Morgan fingerprint density at radius 2 is 1.68 bits per heavy atom. The molecule has 0 spiro atoms. The number of nitrogens with zero attached hydrogens (tertiary/aromatic N) is 3. The predicted octanol–water partition coefficient (Wildman–Crippen LogP) is 3.82. The van der Waals surface area contributed by atoms with Crippen molar-refractivity contribution in [3.8, 4) is 0 Å². The van der Waals surface area contributed by atoms with Crippen molar-refractivity contribution in [1.82, 2.24) is 4.90 Å². The molecule has 0 aromatic heterocycles. The van der Waals surface area contributed by atoms with Gasteiger partial charge in [-0.3, -0.25) is 15.0 Å². The van der Waals surface area contributed by atoms with Gasteiger partial charge in [0, 0.05) is 50.5 Å². The highest BCUT2D eigenvalue weighted by Crippen LogP contribution is 2.21. The number of anilines is 1. The third-order valence-corrected chi connectivity index (χ3v) is 4.48. The monoisotopic (exact) mass is 337 g/mol. The van der Waals surface area contributed by atoms with Gasteiger partial charge in [0.25, 0.3) is 5.69 Å². The summed E-state index contributed by atoms with van der Waals surface area (Å²) in [6.07, 6.45) is 2.24. The summed E-state index contributed by atoms with van der Waals surface area (Å²) in [6, 6.07) is 17.2. The summed E-state index contributed by atoms with van der Waals surface area (Å²) in [5, 5.41) is 10.7. The largest absolute Gasteiger partial charge is 0.369 e. The van der Waals surface area contributed by atoms with E-state index in [2.05, 4.69) is 47.1 Å². The number of hydrogen-bond acceptors (Lipinski definition) is 4. The number of non-ortho nitro benzene ring substituents is 1. The summed E-state index contributed by atoms with van der Waals surface area (Å²) < 4.78 is 0. The standard InChI is InChI=1S/C20H23N3O2/c1-17(15-18-5-3-2-4-6-18)16-21-11-13-22(14-12-21)19-7-9-20(10-8-19)23(24)25/h2-10,15H,11-14,16H2,1H3/b17-15+. The summed E-state index contributed by atoms with van der Waals surface area (Å²) in [6.45, 7) is 7.03. The van der Waals surface area contributed by atoms with E-state index in [9.17, 15) is 10.1 Å². The van der Waals surface area contributed by atoms with Crippen LogP contribution < -0.4 is 4.90 Å². The maximum Gasteiger partial charge on any atom is 0.269 e. The molecular formula is C20H23N3O2. The topological polar surface area (TPSA) is 49.6 Å². The lowest BCUT2D eigenvalue weighted by Crippen LogP contribution is -2.46. The van der Waals surface area contributed by atoms with Crippen molar-refractivity contribution >= 4 is 17.5 Å². The van der Waals surface area contributed by atoms with E-state index >= 15 is 0 Å². The number of benzene rings is 2. The van der Waals surface area contributed by atoms with Crippen LogP contribution in [0.5, 0.6) is 0 Å². The van der Waals surface area contributed by atoms with E-state index in [4.69, 9.17) is 0 Å². The maximum atomic E-state index is 10.7. The highest BCUT2D eigenvalue weighted by Gasteiger charge is 2.17. The lowest BCUT2D eigenvalue weighted by Gasteiger charge is -2.36. The van der Waals surface area contributed by atoms with Gasteiger partial charge in [-0.1, -0.05) is 42.0 Å². The average Bonchev–Trinajstić information content (AvgIpc) is 2.63. The van der Waals surface area contributed by atoms with E-state index < -0.39 is 0 Å². The van der Waals surface area contributed by atoms with Crippen molar-refractivity contribution < 1.29 is 4.92 Å². The Hall–Kier alpha value is -2.66. The summed E-state index contributed by atoms with van der Waals surface area (Å²) in [5.41, 5.74) is 3.80. The summed E-state index contributed by atoms with van der Waals surface area (Å²) in [7, 11) is 0. The number of piperazine rings is 1. The molecule has 0 N–H and O–H groups in total. The number of rotatable bonds is 5. The Bertz CT molecular complexity index is 733. The van der Waals surface area contributed by atoms with Crippen LogP contribution in [0.4, 0.5) is 11.4 Å². The fourth-order valence-electron chi connectivity index (χ4n) is 3.18. The van der Waals surface area contributed by atoms with Gasteiger partial charge in [0.05, 0.1) is 4.92 Å². The fraction of sp³-hybridized carbons (Fsp3) is 0.300. The van der Waals surface area contributed by atoms with Gasteiger partial charge in [0.15, 0.2) is 0 Å². The molecule has 0 unspecified atom stereocenters. The fourth-order valence-corrected chi connectivity index (χ4v) is 3.18. The van der Waals surface area contributed by atoms with Crippen molar-refractivity contribution in [2.45, 2.75) is 6.92 Å². The van der Waals surface area contributed by atoms with Gasteiger partial charge in [-0.25, -0.2) is 0 Å². The second-order valence-corrected chi connectivity index (χ2v) is 6.44. The minimum absolute atomic E-state index is 0.143. The van der Waals surface area contributed by atoms with Gasteiger partial charge in [-0.2, -0.15) is 0 Å². The van der Waals surface area contributed by atoms with E-state index in [1.165, 1.54) is 11.1 Å². The van der Waals surface area contributed by atoms with Gasteiger partial charge >= 0.3 is 0 Å². The van der Waals surface area contributed by atoms with E-state index in [1.807, 2.05) is 18.2 Å². The first kappa shape index (κ1) is 17.2. The first-order valence-corrected chi connectivity index (χ1v) is 8.56. The zero-order chi connectivity index (χ0) is 17.6. The van der Waals surface area contributed by atoms with E-state index in [0.29, 0.717) is 0 Å². The van der Waals surface area contributed by atoms with Crippen molar-refractivity contribution in [3.63, 3.8) is 0 Å². The zero-order valence-corrected chi connectivity index (χ0v) is 14.5. The predicted molar refractivity (Wildman–Crippen MR) is 102 cm³/mol. The minimum atomic E-state index is -0.358. The molecule has 5 nitrogen and oxygen atoms in total. The molecule has 2 aromatic rings. The highest BCUT2D eigenvalue weighted by atomic mass is 16.6. The summed E-state index contributed by atoms with van der Waals surface area (Å²) in [4.78, 5) is 15.1. The number of nitro groups is 1. The lowest BCUT2D eigenvalue weighted by molar-refractivity contribution is -0.384. The molecule has 0 aliphatic carbocycles. The van der Waals surface area contributed by atoms with E-state index in [1.54, 1.807) is 12.1 Å². The Morgan fingerprint density at radius 3 is 2.28 bits per heavy atom. The molecule has 0 bridgehead atoms. The summed E-state index contributed by atoms with van der Waals surface area (Å²) >= 11 is 0. The second kappa shape index (κ2) is 7.94. The molecular weight excluding hydrogens is 314 g/mol. The molecule has 2 aromatic carbocycles. The van der Waals surface area contributed by atoms with Crippen LogP contribution in [0.15, 0.2) is 60.2 Å². The number of hydrogen-bond donors (Lipinski definition) is 0. The van der Waals surface area contributed by atoms with Crippen LogP contribution in [0.2, 0.25) is 0 Å². The van der Waals surface area contributed by atoms with Crippen LogP contribution in [0.25, 0.3) is 6.08 Å². The Kier molecular flexibility index (Phi) is 5.46. The van der Waals surface area contributed by atoms with E-state index in [-0.39, 0.29) is 10.6 Å². The van der Waals surface area contributed by atoms with Gasteiger partial charge in [0.1, 0.15) is 0 Å². The summed E-state index contributed by atoms with van der Waals surface area (Å²) in [5.74, 6) is 0. The van der Waals surface area contributed by atoms with Crippen molar-refractivity contribution in [2.75, 3.05) is 37.6 Å². The van der Waals surface area contributed by atoms with Gasteiger partial charge in [-0.05, 0) is 24.6 Å². The first-order chi connectivity index (χ1) is 12.1. The van der Waals surface area contributed by atoms with Gasteiger partial charge < -0.3 is 4.90 Å². The average molecular weight is 337 g/mol. The minimum Gasteiger partial charge on any atom is -0.369 e. The smallest absolute Gasteiger partial charge is 0.269 e.